The maximum Gasteiger partial charge on any atom is 0.320 e. The second-order valence-electron chi connectivity index (χ2n) is 3.18. The summed E-state index contributed by atoms with van der Waals surface area (Å²) in [7, 11) is 0. The zero-order chi connectivity index (χ0) is 13.8. The first kappa shape index (κ1) is 13.5. The number of nitrogens with one attached hydrogen (secondary N) is 1. The SMILES string of the molecule is NNc1ncc([N+](=O)[O-])c(Sc2ncccc2Cl)n1. The van der Waals surface area contributed by atoms with Crippen LogP contribution >= 0.6 is 23.4 Å². The number of nitrogens with two attached hydrogens (primary N) is 1. The third kappa shape index (κ3) is 3.08. The molecule has 0 unspecified atom stereocenters. The smallest absolute Gasteiger partial charge is 0.292 e. The van der Waals surface area contributed by atoms with Gasteiger partial charge in [0.15, 0.2) is 5.03 Å². The van der Waals surface area contributed by atoms with Gasteiger partial charge in [0.1, 0.15) is 11.2 Å². The molecule has 2 aromatic heterocycles. The maximum absolute atomic E-state index is 10.9. The van der Waals surface area contributed by atoms with E-state index in [4.69, 9.17) is 17.4 Å². The van der Waals surface area contributed by atoms with Crippen molar-refractivity contribution in [1.29, 1.82) is 0 Å². The molecule has 0 aromatic carbocycles. The van der Waals surface area contributed by atoms with Crippen LogP contribution in [0.15, 0.2) is 34.6 Å². The van der Waals surface area contributed by atoms with Gasteiger partial charge in [0.2, 0.25) is 5.95 Å². The molecule has 2 heterocycles. The average molecular weight is 299 g/mol. The Labute approximate surface area is 116 Å². The second kappa shape index (κ2) is 5.78. The minimum absolute atomic E-state index is 0.0696. The number of pyridine rings is 1. The largest absolute Gasteiger partial charge is 0.320 e. The number of rotatable bonds is 4. The minimum atomic E-state index is -0.584. The monoisotopic (exact) mass is 298 g/mol. The van der Waals surface area contributed by atoms with E-state index in [2.05, 4.69) is 20.4 Å². The molecule has 98 valence electrons. The quantitative estimate of drug-likeness (QED) is 0.380. The Kier molecular flexibility index (Phi) is 4.10. The van der Waals surface area contributed by atoms with Crippen LogP contribution in [0.3, 0.4) is 0 Å². The fraction of sp³-hybridized carbons (Fsp3) is 0. The van der Waals surface area contributed by atoms with Crippen molar-refractivity contribution in [3.05, 3.63) is 39.7 Å². The molecule has 0 spiro atoms. The van der Waals surface area contributed by atoms with Crippen LogP contribution in [0.1, 0.15) is 0 Å². The van der Waals surface area contributed by atoms with Gasteiger partial charge in [-0.3, -0.25) is 15.5 Å². The first-order valence-electron chi connectivity index (χ1n) is 4.88. The summed E-state index contributed by atoms with van der Waals surface area (Å²) in [5.74, 6) is 5.24. The Bertz CT molecular complexity index is 625. The second-order valence-corrected chi connectivity index (χ2v) is 4.56. The van der Waals surface area contributed by atoms with Crippen LogP contribution in [-0.4, -0.2) is 19.9 Å². The molecule has 2 aromatic rings. The summed E-state index contributed by atoms with van der Waals surface area (Å²) in [6.07, 6.45) is 2.60. The molecular weight excluding hydrogens is 292 g/mol. The number of hydrazine groups is 1. The van der Waals surface area contributed by atoms with Crippen LogP contribution < -0.4 is 11.3 Å². The first-order chi connectivity index (χ1) is 9.11. The van der Waals surface area contributed by atoms with Crippen LogP contribution in [0.25, 0.3) is 0 Å². The predicted octanol–water partition coefficient (Wildman–Crippen LogP) is 1.87. The molecule has 0 atom stereocenters. The molecule has 0 fully saturated rings. The average Bonchev–Trinajstić information content (AvgIpc) is 2.41. The topological polar surface area (TPSA) is 120 Å². The highest BCUT2D eigenvalue weighted by atomic mass is 35.5. The van der Waals surface area contributed by atoms with Gasteiger partial charge < -0.3 is 0 Å². The highest BCUT2D eigenvalue weighted by molar-refractivity contribution is 7.99. The third-order valence-corrected chi connectivity index (χ3v) is 3.41. The summed E-state index contributed by atoms with van der Waals surface area (Å²) in [6.45, 7) is 0. The van der Waals surface area contributed by atoms with E-state index >= 15 is 0 Å². The molecule has 0 radical (unpaired) electrons. The van der Waals surface area contributed by atoms with Crippen molar-refractivity contribution in [2.45, 2.75) is 10.1 Å². The number of anilines is 1. The Balaban J connectivity index is 2.43. The van der Waals surface area contributed by atoms with Crippen LogP contribution in [0, 0.1) is 10.1 Å². The van der Waals surface area contributed by atoms with E-state index in [1.165, 1.54) is 6.20 Å². The number of aromatic nitrogens is 3. The summed E-state index contributed by atoms with van der Waals surface area (Å²) in [5, 5.41) is 11.8. The zero-order valence-electron chi connectivity index (χ0n) is 9.28. The lowest BCUT2D eigenvalue weighted by Crippen LogP contribution is -2.11. The number of hydrogen-bond acceptors (Lipinski definition) is 8. The van der Waals surface area contributed by atoms with Gasteiger partial charge in [-0.1, -0.05) is 11.6 Å². The van der Waals surface area contributed by atoms with Crippen LogP contribution in [0.4, 0.5) is 11.6 Å². The van der Waals surface area contributed by atoms with E-state index in [-0.39, 0.29) is 16.7 Å². The standard InChI is InChI=1S/C9H7ClN6O2S/c10-5-2-1-3-12-7(5)19-8-6(16(17)18)4-13-9(14-8)15-11/h1-4H,11H2,(H,13,14,15). The molecule has 2 rings (SSSR count). The van der Waals surface area contributed by atoms with Crippen molar-refractivity contribution < 1.29 is 4.92 Å². The molecule has 0 saturated carbocycles. The summed E-state index contributed by atoms with van der Waals surface area (Å²) in [6, 6.07) is 3.29. The fourth-order valence-corrected chi connectivity index (χ4v) is 2.23. The lowest BCUT2D eigenvalue weighted by molar-refractivity contribution is -0.388. The number of hydrogen-bond donors (Lipinski definition) is 2. The number of nitrogens with zero attached hydrogens (tertiary/aromatic N) is 4. The van der Waals surface area contributed by atoms with Gasteiger partial charge in [-0.2, -0.15) is 4.98 Å². The van der Waals surface area contributed by atoms with Crippen molar-refractivity contribution in [2.24, 2.45) is 5.84 Å². The summed E-state index contributed by atoms with van der Waals surface area (Å²) in [5.41, 5.74) is 1.98. The van der Waals surface area contributed by atoms with Gasteiger partial charge >= 0.3 is 5.69 Å². The van der Waals surface area contributed by atoms with Gasteiger partial charge in [0.05, 0.1) is 9.95 Å². The summed E-state index contributed by atoms with van der Waals surface area (Å²) >= 11 is 6.91. The van der Waals surface area contributed by atoms with Gasteiger partial charge in [0.25, 0.3) is 0 Å². The predicted molar refractivity (Wildman–Crippen MR) is 69.9 cm³/mol. The molecule has 8 nitrogen and oxygen atoms in total. The molecule has 3 N–H and O–H groups in total. The van der Waals surface area contributed by atoms with E-state index in [1.54, 1.807) is 12.1 Å². The molecule has 19 heavy (non-hydrogen) atoms. The minimum Gasteiger partial charge on any atom is -0.292 e. The van der Waals surface area contributed by atoms with Gasteiger partial charge in [-0.05, 0) is 23.9 Å². The molecule has 0 amide bonds. The molecule has 10 heteroatoms. The molecule has 0 aliphatic carbocycles. The molecule has 0 saturated heterocycles. The lowest BCUT2D eigenvalue weighted by atomic mass is 10.5. The van der Waals surface area contributed by atoms with E-state index in [0.29, 0.717) is 10.0 Å². The van der Waals surface area contributed by atoms with Crippen LogP contribution in [0.2, 0.25) is 5.02 Å². The Morgan fingerprint density at radius 3 is 2.84 bits per heavy atom. The van der Waals surface area contributed by atoms with Crippen molar-refractivity contribution in [2.75, 3.05) is 5.43 Å². The highest BCUT2D eigenvalue weighted by Crippen LogP contribution is 2.35. The number of halogens is 1. The first-order valence-corrected chi connectivity index (χ1v) is 6.07. The highest BCUT2D eigenvalue weighted by Gasteiger charge is 2.19. The Morgan fingerprint density at radius 1 is 1.42 bits per heavy atom. The van der Waals surface area contributed by atoms with E-state index in [1.807, 2.05) is 0 Å². The van der Waals surface area contributed by atoms with Crippen molar-refractivity contribution in [3.8, 4) is 0 Å². The Hall–Kier alpha value is -1.97. The molecule has 0 aliphatic rings. The van der Waals surface area contributed by atoms with Crippen LogP contribution in [-0.2, 0) is 0 Å². The van der Waals surface area contributed by atoms with Crippen molar-refractivity contribution >= 4 is 35.0 Å². The zero-order valence-corrected chi connectivity index (χ0v) is 10.9. The van der Waals surface area contributed by atoms with Crippen LogP contribution in [0.5, 0.6) is 0 Å². The van der Waals surface area contributed by atoms with E-state index in [0.717, 1.165) is 18.0 Å². The normalized spacial score (nSPS) is 10.2. The Morgan fingerprint density at radius 2 is 2.21 bits per heavy atom. The van der Waals surface area contributed by atoms with Crippen molar-refractivity contribution in [1.82, 2.24) is 15.0 Å². The van der Waals surface area contributed by atoms with E-state index < -0.39 is 4.92 Å². The van der Waals surface area contributed by atoms with Gasteiger partial charge in [0, 0.05) is 6.20 Å². The number of nitrogen functional groups attached to an aromatic ring is 1. The molecular formula is C9H7ClN6O2S. The summed E-state index contributed by atoms with van der Waals surface area (Å²) in [4.78, 5) is 22.0. The van der Waals surface area contributed by atoms with E-state index in [9.17, 15) is 10.1 Å². The maximum atomic E-state index is 10.9. The summed E-state index contributed by atoms with van der Waals surface area (Å²) < 4.78 is 0. The molecule has 0 bridgehead atoms. The molecule has 0 aliphatic heterocycles. The lowest BCUT2D eigenvalue weighted by Gasteiger charge is -2.04. The number of nitro groups is 1. The third-order valence-electron chi connectivity index (χ3n) is 1.98. The van der Waals surface area contributed by atoms with Crippen molar-refractivity contribution in [3.63, 3.8) is 0 Å². The van der Waals surface area contributed by atoms with Gasteiger partial charge in [-0.15, -0.1) is 0 Å². The fourth-order valence-electron chi connectivity index (χ4n) is 1.17. The van der Waals surface area contributed by atoms with Gasteiger partial charge in [-0.25, -0.2) is 15.8 Å².